The third-order valence-corrected chi connectivity index (χ3v) is 12.8. The Morgan fingerprint density at radius 2 is 1.00 bits per heavy atom. The number of ether oxygens (including phenoxy) is 1. The van der Waals surface area contributed by atoms with Gasteiger partial charge in [0, 0.05) is 58.3 Å². The Kier molecular flexibility index (Phi) is 10.5. The van der Waals surface area contributed by atoms with E-state index < -0.39 is 0 Å². The zero-order chi connectivity index (χ0) is 44.6. The van der Waals surface area contributed by atoms with Crippen LogP contribution in [0.3, 0.4) is 0 Å². The van der Waals surface area contributed by atoms with Crippen molar-refractivity contribution >= 4 is 33.2 Å². The first-order chi connectivity index (χ1) is 29.0. The SMILES string of the molecule is CC(C)(C)c1cc(Oc2cc(C(C)(C)c3ccccc3)c3c4ccccc4n(-c4cc(C(C)(C)C)ccn4)c3c2)cc(N2C=CN(c3cc(C(C)(C)C)cc(C(C)(C)C)c3)C2)c1. The van der Waals surface area contributed by atoms with Crippen LogP contribution < -0.4 is 14.5 Å². The Morgan fingerprint density at radius 3 is 1.60 bits per heavy atom. The number of benzene rings is 5. The van der Waals surface area contributed by atoms with Crippen molar-refractivity contribution in [3.05, 3.63) is 167 Å². The van der Waals surface area contributed by atoms with Gasteiger partial charge in [-0.15, -0.1) is 0 Å². The van der Waals surface area contributed by atoms with Gasteiger partial charge in [-0.3, -0.25) is 4.57 Å². The molecule has 0 radical (unpaired) electrons. The van der Waals surface area contributed by atoms with Gasteiger partial charge in [-0.1, -0.05) is 152 Å². The average molecular weight is 823 g/mol. The molecule has 0 fully saturated rings. The van der Waals surface area contributed by atoms with Gasteiger partial charge in [-0.2, -0.15) is 0 Å². The van der Waals surface area contributed by atoms with Crippen LogP contribution in [0.1, 0.15) is 130 Å². The van der Waals surface area contributed by atoms with Crippen LogP contribution in [0, 0.1) is 0 Å². The lowest BCUT2D eigenvalue weighted by molar-refractivity contribution is 0.477. The summed E-state index contributed by atoms with van der Waals surface area (Å²) in [5.74, 6) is 2.49. The quantitative estimate of drug-likeness (QED) is 0.160. The van der Waals surface area contributed by atoms with E-state index in [9.17, 15) is 0 Å². The van der Waals surface area contributed by atoms with Gasteiger partial charge in [-0.05, 0) is 104 Å². The maximum atomic E-state index is 7.18. The van der Waals surface area contributed by atoms with Crippen LogP contribution in [0.2, 0.25) is 0 Å². The van der Waals surface area contributed by atoms with Crippen LogP contribution >= 0.6 is 0 Å². The van der Waals surface area contributed by atoms with E-state index in [-0.39, 0.29) is 27.1 Å². The molecule has 1 aliphatic rings. The van der Waals surface area contributed by atoms with E-state index in [0.29, 0.717) is 6.67 Å². The molecular formula is C57H66N4O. The normalized spacial score (nSPS) is 14.1. The molecular weight excluding hydrogens is 757 g/mol. The molecule has 0 saturated heterocycles. The van der Waals surface area contributed by atoms with Crippen LogP contribution in [0.15, 0.2) is 134 Å². The number of hydrogen-bond acceptors (Lipinski definition) is 4. The molecule has 0 atom stereocenters. The molecule has 5 nitrogen and oxygen atoms in total. The lowest BCUT2D eigenvalue weighted by Crippen LogP contribution is -2.26. The summed E-state index contributed by atoms with van der Waals surface area (Å²) in [5.41, 5.74) is 11.7. The molecule has 2 aromatic heterocycles. The minimum absolute atomic E-state index is 0.0334. The Hall–Kier alpha value is -5.81. The second-order valence-electron chi connectivity index (χ2n) is 22.1. The van der Waals surface area contributed by atoms with Crippen molar-refractivity contribution in [1.82, 2.24) is 9.55 Å². The molecule has 0 unspecified atom stereocenters. The van der Waals surface area contributed by atoms with Crippen molar-refractivity contribution < 1.29 is 4.74 Å². The zero-order valence-electron chi connectivity index (χ0n) is 39.6. The molecule has 320 valence electrons. The summed E-state index contributed by atoms with van der Waals surface area (Å²) in [5, 5.41) is 2.41. The predicted octanol–water partition coefficient (Wildman–Crippen LogP) is 15.2. The van der Waals surface area contributed by atoms with Gasteiger partial charge in [0.05, 0.1) is 17.7 Å². The lowest BCUT2D eigenvalue weighted by Gasteiger charge is -2.29. The molecule has 5 aromatic carbocycles. The minimum Gasteiger partial charge on any atom is -0.457 e. The van der Waals surface area contributed by atoms with Crippen molar-refractivity contribution in [3.8, 4) is 17.3 Å². The van der Waals surface area contributed by atoms with E-state index in [1.807, 2.05) is 6.20 Å². The highest BCUT2D eigenvalue weighted by molar-refractivity contribution is 6.11. The van der Waals surface area contributed by atoms with Gasteiger partial charge < -0.3 is 14.5 Å². The van der Waals surface area contributed by atoms with Gasteiger partial charge in [0.25, 0.3) is 0 Å². The summed E-state index contributed by atoms with van der Waals surface area (Å²) in [4.78, 5) is 9.72. The maximum Gasteiger partial charge on any atom is 0.137 e. The monoisotopic (exact) mass is 823 g/mol. The van der Waals surface area contributed by atoms with Crippen molar-refractivity contribution in [3.63, 3.8) is 0 Å². The van der Waals surface area contributed by atoms with Crippen LogP contribution in [0.25, 0.3) is 27.6 Å². The third kappa shape index (κ3) is 8.27. The molecule has 7 aromatic rings. The number of hydrogen-bond donors (Lipinski definition) is 0. The van der Waals surface area contributed by atoms with E-state index in [1.54, 1.807) is 0 Å². The Balaban J connectivity index is 1.27. The first kappa shape index (κ1) is 42.9. The summed E-state index contributed by atoms with van der Waals surface area (Å²) >= 11 is 0. The number of pyridine rings is 1. The molecule has 0 aliphatic carbocycles. The van der Waals surface area contributed by atoms with Gasteiger partial charge in [-0.25, -0.2) is 4.98 Å². The Morgan fingerprint density at radius 1 is 0.468 bits per heavy atom. The molecule has 0 spiro atoms. The largest absolute Gasteiger partial charge is 0.457 e. The number of nitrogens with zero attached hydrogens (tertiary/aromatic N) is 4. The zero-order valence-corrected chi connectivity index (χ0v) is 39.6. The highest BCUT2D eigenvalue weighted by Gasteiger charge is 2.31. The lowest BCUT2D eigenvalue weighted by atomic mass is 9.76. The van der Waals surface area contributed by atoms with E-state index in [4.69, 9.17) is 9.72 Å². The average Bonchev–Trinajstić information content (AvgIpc) is 3.83. The highest BCUT2D eigenvalue weighted by Crippen LogP contribution is 2.45. The third-order valence-electron chi connectivity index (χ3n) is 12.8. The molecule has 1 aliphatic heterocycles. The Labute approximate surface area is 371 Å². The van der Waals surface area contributed by atoms with Crippen LogP contribution in [0.5, 0.6) is 11.5 Å². The van der Waals surface area contributed by atoms with Crippen molar-refractivity contribution in [2.75, 3.05) is 16.5 Å². The van der Waals surface area contributed by atoms with Crippen molar-refractivity contribution in [1.29, 1.82) is 0 Å². The number of para-hydroxylation sites is 1. The van der Waals surface area contributed by atoms with E-state index in [1.165, 1.54) is 49.8 Å². The smallest absolute Gasteiger partial charge is 0.137 e. The molecule has 5 heteroatoms. The first-order valence-corrected chi connectivity index (χ1v) is 22.3. The molecule has 0 saturated carbocycles. The van der Waals surface area contributed by atoms with Crippen LogP contribution in [-0.4, -0.2) is 16.2 Å². The number of rotatable bonds is 7. The highest BCUT2D eigenvalue weighted by atomic mass is 16.5. The molecule has 3 heterocycles. The summed E-state index contributed by atoms with van der Waals surface area (Å²) in [6.07, 6.45) is 6.37. The predicted molar refractivity (Wildman–Crippen MR) is 264 cm³/mol. The standard InChI is InChI=1S/C57H66N4O/c1-53(2,3)39-24-25-58-51(33-39)61-49-23-19-18-22-47(49)52-48(57(13,14)38-20-16-15-17-21-38)35-46(36-50(52)61)62-45-32-42(56(10,11)12)31-44(34-45)60-27-26-59(37-60)43-29-40(54(4,5)6)28-41(30-43)55(7,8)9/h15-36H,37H2,1-14H3. The number of anilines is 2. The molecule has 62 heavy (non-hydrogen) atoms. The molecule has 8 rings (SSSR count). The number of fused-ring (bicyclic) bond motifs is 3. The summed E-state index contributed by atoms with van der Waals surface area (Å²) in [6, 6.07) is 42.3. The molecule has 0 N–H and O–H groups in total. The summed E-state index contributed by atoms with van der Waals surface area (Å²) < 4.78 is 9.51. The van der Waals surface area contributed by atoms with E-state index in [0.717, 1.165) is 34.0 Å². The van der Waals surface area contributed by atoms with Crippen LogP contribution in [-0.2, 0) is 27.1 Å². The second kappa shape index (κ2) is 15.2. The topological polar surface area (TPSA) is 33.5 Å². The van der Waals surface area contributed by atoms with Gasteiger partial charge in [0.15, 0.2) is 0 Å². The fourth-order valence-corrected chi connectivity index (χ4v) is 8.66. The summed E-state index contributed by atoms with van der Waals surface area (Å²) in [6.45, 7) is 32.8. The first-order valence-electron chi connectivity index (χ1n) is 22.3. The van der Waals surface area contributed by atoms with Gasteiger partial charge >= 0.3 is 0 Å². The fourth-order valence-electron chi connectivity index (χ4n) is 8.66. The van der Waals surface area contributed by atoms with E-state index in [2.05, 4.69) is 239 Å². The van der Waals surface area contributed by atoms with Crippen LogP contribution in [0.4, 0.5) is 11.4 Å². The van der Waals surface area contributed by atoms with Crippen molar-refractivity contribution in [2.45, 2.75) is 124 Å². The van der Waals surface area contributed by atoms with Crippen molar-refractivity contribution in [2.24, 2.45) is 0 Å². The Bertz CT molecular complexity index is 2780. The molecule has 0 amide bonds. The second-order valence-corrected chi connectivity index (χ2v) is 22.1. The minimum atomic E-state index is -0.353. The number of aromatic nitrogens is 2. The van der Waals surface area contributed by atoms with Gasteiger partial charge in [0.2, 0.25) is 0 Å². The van der Waals surface area contributed by atoms with Gasteiger partial charge in [0.1, 0.15) is 17.3 Å². The summed E-state index contributed by atoms with van der Waals surface area (Å²) in [7, 11) is 0. The maximum absolute atomic E-state index is 7.18. The fraction of sp³-hybridized carbons (Fsp3) is 0.351. The molecule has 0 bridgehead atoms. The van der Waals surface area contributed by atoms with E-state index >= 15 is 0 Å².